The van der Waals surface area contributed by atoms with Crippen LogP contribution in [0.2, 0.25) is 0 Å². The molecule has 94 valence electrons. The lowest BCUT2D eigenvalue weighted by Gasteiger charge is -2.25. The van der Waals surface area contributed by atoms with Gasteiger partial charge in [0.2, 0.25) is 0 Å². The minimum atomic E-state index is -0.246. The lowest BCUT2D eigenvalue weighted by molar-refractivity contribution is -0.141. The molecule has 0 aliphatic carbocycles. The Bertz CT molecular complexity index is 409. The van der Waals surface area contributed by atoms with E-state index in [4.69, 9.17) is 9.47 Å². The number of anilines is 1. The molecular weight excluding hydrogens is 242 g/mol. The fraction of sp³-hybridized carbons (Fsp3) is 0.417. The third-order valence-corrected chi connectivity index (χ3v) is 2.83. The van der Waals surface area contributed by atoms with E-state index in [0.717, 1.165) is 24.3 Å². The number of carbonyl (C=O) groups excluding carboxylic acids is 1. The van der Waals surface area contributed by atoms with Crippen LogP contribution >= 0.6 is 12.4 Å². The van der Waals surface area contributed by atoms with Crippen molar-refractivity contribution in [2.24, 2.45) is 0 Å². The molecule has 1 aromatic rings. The molecule has 1 aliphatic rings. The Kier molecular flexibility index (Phi) is 4.63. The quantitative estimate of drug-likeness (QED) is 0.824. The lowest BCUT2D eigenvalue weighted by atomic mass is 9.98. The van der Waals surface area contributed by atoms with Gasteiger partial charge in [-0.2, -0.15) is 0 Å². The van der Waals surface area contributed by atoms with E-state index in [-0.39, 0.29) is 24.4 Å². The van der Waals surface area contributed by atoms with Crippen LogP contribution in [-0.2, 0) is 16.0 Å². The Balaban J connectivity index is 0.00000144. The molecule has 0 saturated heterocycles. The van der Waals surface area contributed by atoms with Crippen LogP contribution in [0.3, 0.4) is 0 Å². The van der Waals surface area contributed by atoms with Crippen molar-refractivity contribution in [1.29, 1.82) is 0 Å². The van der Waals surface area contributed by atoms with Gasteiger partial charge in [-0.1, -0.05) is 6.07 Å². The number of methoxy groups -OCH3 is 2. The number of nitrogens with one attached hydrogen (secondary N) is 1. The largest absolute Gasteiger partial charge is 0.497 e. The van der Waals surface area contributed by atoms with Crippen molar-refractivity contribution in [3.8, 4) is 5.75 Å². The molecule has 5 heteroatoms. The van der Waals surface area contributed by atoms with Crippen LogP contribution < -0.4 is 10.1 Å². The molecule has 0 saturated carbocycles. The molecule has 17 heavy (non-hydrogen) atoms. The number of hydrogen-bond donors (Lipinski definition) is 1. The van der Waals surface area contributed by atoms with Crippen LogP contribution in [0.15, 0.2) is 18.2 Å². The first-order valence-electron chi connectivity index (χ1n) is 5.26. The van der Waals surface area contributed by atoms with Gasteiger partial charge in [0.05, 0.1) is 14.2 Å². The molecule has 0 spiro atoms. The fourth-order valence-electron chi connectivity index (χ4n) is 1.91. The first kappa shape index (κ1) is 13.6. The standard InChI is InChI=1S/C12H15NO3.ClH/c1-15-9-5-3-8-4-6-10(12(14)16-2)13-11(8)7-9;/h3,5,7,10,13H,4,6H2,1-2H3;1H. The van der Waals surface area contributed by atoms with Gasteiger partial charge in [0.1, 0.15) is 11.8 Å². The minimum absolute atomic E-state index is 0. The number of rotatable bonds is 2. The monoisotopic (exact) mass is 257 g/mol. The topological polar surface area (TPSA) is 47.6 Å². The van der Waals surface area contributed by atoms with E-state index in [1.54, 1.807) is 7.11 Å². The van der Waals surface area contributed by atoms with Crippen LogP contribution in [0.5, 0.6) is 5.75 Å². The summed E-state index contributed by atoms with van der Waals surface area (Å²) in [6.45, 7) is 0. The van der Waals surface area contributed by atoms with Crippen molar-refractivity contribution in [1.82, 2.24) is 0 Å². The number of ether oxygens (including phenoxy) is 2. The smallest absolute Gasteiger partial charge is 0.328 e. The van der Waals surface area contributed by atoms with Gasteiger partial charge in [0, 0.05) is 11.8 Å². The highest BCUT2D eigenvalue weighted by Gasteiger charge is 2.24. The van der Waals surface area contributed by atoms with Crippen molar-refractivity contribution in [3.63, 3.8) is 0 Å². The van der Waals surface area contributed by atoms with E-state index < -0.39 is 0 Å². The average molecular weight is 258 g/mol. The Morgan fingerprint density at radius 2 is 2.18 bits per heavy atom. The Morgan fingerprint density at radius 1 is 1.41 bits per heavy atom. The lowest BCUT2D eigenvalue weighted by Crippen LogP contribution is -2.34. The number of aryl methyl sites for hydroxylation is 1. The zero-order chi connectivity index (χ0) is 11.5. The summed E-state index contributed by atoms with van der Waals surface area (Å²) in [5.74, 6) is 0.574. The zero-order valence-corrected chi connectivity index (χ0v) is 10.7. The van der Waals surface area contributed by atoms with Crippen molar-refractivity contribution in [2.75, 3.05) is 19.5 Å². The van der Waals surface area contributed by atoms with Gasteiger partial charge in [-0.05, 0) is 24.5 Å². The van der Waals surface area contributed by atoms with E-state index in [1.807, 2.05) is 18.2 Å². The van der Waals surface area contributed by atoms with Crippen LogP contribution in [-0.4, -0.2) is 26.2 Å². The maximum absolute atomic E-state index is 11.4. The number of benzene rings is 1. The van der Waals surface area contributed by atoms with E-state index in [1.165, 1.54) is 12.7 Å². The summed E-state index contributed by atoms with van der Waals surface area (Å²) >= 11 is 0. The second-order valence-corrected chi connectivity index (χ2v) is 3.78. The summed E-state index contributed by atoms with van der Waals surface area (Å²) in [5.41, 5.74) is 2.17. The van der Waals surface area contributed by atoms with Crippen LogP contribution in [0.25, 0.3) is 0 Å². The molecule has 4 nitrogen and oxygen atoms in total. The van der Waals surface area contributed by atoms with E-state index in [2.05, 4.69) is 5.32 Å². The molecular formula is C12H16ClNO3. The summed E-state index contributed by atoms with van der Waals surface area (Å²) in [6, 6.07) is 5.61. The van der Waals surface area contributed by atoms with Gasteiger partial charge >= 0.3 is 5.97 Å². The molecule has 1 atom stereocenters. The molecule has 0 amide bonds. The van der Waals surface area contributed by atoms with Gasteiger partial charge in [0.15, 0.2) is 0 Å². The third-order valence-electron chi connectivity index (χ3n) is 2.83. The molecule has 1 aromatic carbocycles. The highest BCUT2D eigenvalue weighted by atomic mass is 35.5. The molecule has 0 radical (unpaired) electrons. The average Bonchev–Trinajstić information content (AvgIpc) is 2.36. The number of fused-ring (bicyclic) bond motifs is 1. The molecule has 1 aliphatic heterocycles. The Labute approximate surface area is 107 Å². The molecule has 1 unspecified atom stereocenters. The first-order chi connectivity index (χ1) is 7.74. The van der Waals surface area contributed by atoms with Crippen molar-refractivity contribution < 1.29 is 14.3 Å². The molecule has 0 bridgehead atoms. The zero-order valence-electron chi connectivity index (χ0n) is 9.86. The fourth-order valence-corrected chi connectivity index (χ4v) is 1.91. The highest BCUT2D eigenvalue weighted by molar-refractivity contribution is 5.85. The first-order valence-corrected chi connectivity index (χ1v) is 5.26. The second-order valence-electron chi connectivity index (χ2n) is 3.78. The van der Waals surface area contributed by atoms with E-state index in [9.17, 15) is 4.79 Å². The van der Waals surface area contributed by atoms with Crippen molar-refractivity contribution in [2.45, 2.75) is 18.9 Å². The van der Waals surface area contributed by atoms with Gasteiger partial charge < -0.3 is 14.8 Å². The molecule has 1 N–H and O–H groups in total. The number of esters is 1. The van der Waals surface area contributed by atoms with Crippen LogP contribution in [0, 0.1) is 0 Å². The third kappa shape index (κ3) is 2.82. The van der Waals surface area contributed by atoms with Gasteiger partial charge in [-0.25, -0.2) is 4.79 Å². The predicted molar refractivity (Wildman–Crippen MR) is 68.0 cm³/mol. The summed E-state index contributed by atoms with van der Waals surface area (Å²) in [7, 11) is 3.04. The summed E-state index contributed by atoms with van der Waals surface area (Å²) < 4.78 is 9.87. The minimum Gasteiger partial charge on any atom is -0.497 e. The normalized spacial score (nSPS) is 17.2. The summed E-state index contributed by atoms with van der Waals surface area (Å²) in [6.07, 6.45) is 1.65. The van der Waals surface area contributed by atoms with Gasteiger partial charge in [-0.3, -0.25) is 0 Å². The van der Waals surface area contributed by atoms with Crippen LogP contribution in [0.1, 0.15) is 12.0 Å². The summed E-state index contributed by atoms with van der Waals surface area (Å²) in [4.78, 5) is 11.4. The van der Waals surface area contributed by atoms with Gasteiger partial charge in [-0.15, -0.1) is 12.4 Å². The molecule has 0 fully saturated rings. The molecule has 0 aromatic heterocycles. The summed E-state index contributed by atoms with van der Waals surface area (Å²) in [5, 5.41) is 3.17. The number of carbonyl (C=O) groups is 1. The maximum atomic E-state index is 11.4. The highest BCUT2D eigenvalue weighted by Crippen LogP contribution is 2.28. The SMILES string of the molecule is COC(=O)C1CCc2ccc(OC)cc2N1.Cl. The predicted octanol–water partition coefficient (Wildman–Crippen LogP) is 2.02. The van der Waals surface area contributed by atoms with E-state index >= 15 is 0 Å². The van der Waals surface area contributed by atoms with E-state index in [0.29, 0.717) is 0 Å². The van der Waals surface area contributed by atoms with Gasteiger partial charge in [0.25, 0.3) is 0 Å². The number of halogens is 1. The van der Waals surface area contributed by atoms with Crippen molar-refractivity contribution in [3.05, 3.63) is 23.8 Å². The van der Waals surface area contributed by atoms with Crippen LogP contribution in [0.4, 0.5) is 5.69 Å². The van der Waals surface area contributed by atoms with Crippen molar-refractivity contribution >= 4 is 24.1 Å². The molecule has 2 rings (SSSR count). The Hall–Kier alpha value is -1.42. The second kappa shape index (κ2) is 5.77. The molecule has 1 heterocycles. The Morgan fingerprint density at radius 3 is 2.82 bits per heavy atom. The number of hydrogen-bond acceptors (Lipinski definition) is 4. The maximum Gasteiger partial charge on any atom is 0.328 e.